The van der Waals surface area contributed by atoms with Crippen LogP contribution in [0.1, 0.15) is 11.5 Å². The van der Waals surface area contributed by atoms with Gasteiger partial charge in [0.2, 0.25) is 5.89 Å². The predicted octanol–water partition coefficient (Wildman–Crippen LogP) is 2.83. The third kappa shape index (κ3) is 2.32. The minimum Gasteiger partial charge on any atom is -0.441 e. The average Bonchev–Trinajstić information content (AvgIpc) is 2.99. The largest absolute Gasteiger partial charge is 0.441 e. The van der Waals surface area contributed by atoms with Crippen LogP contribution in [0.15, 0.2) is 47.3 Å². The van der Waals surface area contributed by atoms with Crippen molar-refractivity contribution in [3.63, 3.8) is 0 Å². The van der Waals surface area contributed by atoms with Gasteiger partial charge >= 0.3 is 0 Å². The smallest absolute Gasteiger partial charge is 0.226 e. The lowest BCUT2D eigenvalue weighted by Crippen LogP contribution is -2.30. The van der Waals surface area contributed by atoms with Gasteiger partial charge in [0.1, 0.15) is 23.1 Å². The SMILES string of the molecule is Fc1ccc(-c2nc3c(o2)CCN(c2cnccn2)C3)cc1. The Morgan fingerprint density at radius 3 is 2.77 bits per heavy atom. The molecule has 0 fully saturated rings. The fourth-order valence-corrected chi connectivity index (χ4v) is 2.56. The van der Waals surface area contributed by atoms with Crippen molar-refractivity contribution in [3.8, 4) is 11.5 Å². The summed E-state index contributed by atoms with van der Waals surface area (Å²) in [6.07, 6.45) is 5.84. The van der Waals surface area contributed by atoms with Crippen LogP contribution in [0.2, 0.25) is 0 Å². The van der Waals surface area contributed by atoms with Crippen LogP contribution in [0.5, 0.6) is 0 Å². The number of benzene rings is 1. The minimum atomic E-state index is -0.270. The Balaban J connectivity index is 1.62. The number of hydrogen-bond acceptors (Lipinski definition) is 5. The highest BCUT2D eigenvalue weighted by atomic mass is 19.1. The lowest BCUT2D eigenvalue weighted by molar-refractivity contribution is 0.498. The van der Waals surface area contributed by atoms with Gasteiger partial charge in [-0.05, 0) is 24.3 Å². The van der Waals surface area contributed by atoms with Crippen molar-refractivity contribution in [2.75, 3.05) is 11.4 Å². The van der Waals surface area contributed by atoms with Crippen molar-refractivity contribution in [2.45, 2.75) is 13.0 Å². The molecule has 0 amide bonds. The summed E-state index contributed by atoms with van der Waals surface area (Å²) in [7, 11) is 0. The van der Waals surface area contributed by atoms with Gasteiger partial charge in [-0.15, -0.1) is 0 Å². The number of halogens is 1. The first-order valence-corrected chi connectivity index (χ1v) is 7.05. The molecule has 1 aromatic carbocycles. The van der Waals surface area contributed by atoms with E-state index in [1.807, 2.05) is 0 Å². The van der Waals surface area contributed by atoms with Gasteiger partial charge in [0.15, 0.2) is 0 Å². The summed E-state index contributed by atoms with van der Waals surface area (Å²) in [5, 5.41) is 0. The van der Waals surface area contributed by atoms with Crippen LogP contribution < -0.4 is 4.90 Å². The van der Waals surface area contributed by atoms with Crippen molar-refractivity contribution in [1.82, 2.24) is 15.0 Å². The fraction of sp³-hybridized carbons (Fsp3) is 0.188. The molecule has 1 aliphatic heterocycles. The molecule has 3 aromatic rings. The van der Waals surface area contributed by atoms with Gasteiger partial charge in [0.05, 0.1) is 12.7 Å². The molecule has 2 aromatic heterocycles. The number of aromatic nitrogens is 3. The van der Waals surface area contributed by atoms with Crippen LogP contribution >= 0.6 is 0 Å². The lowest BCUT2D eigenvalue weighted by atomic mass is 10.2. The molecule has 0 saturated carbocycles. The van der Waals surface area contributed by atoms with Gasteiger partial charge in [0.25, 0.3) is 0 Å². The standard InChI is InChI=1S/C16H13FN4O/c17-12-3-1-11(2-4-12)16-20-13-10-21(8-5-14(13)22-16)15-9-18-6-7-19-15/h1-4,6-7,9H,5,8,10H2. The molecule has 1 aliphatic rings. The molecule has 110 valence electrons. The van der Waals surface area contributed by atoms with Gasteiger partial charge < -0.3 is 9.32 Å². The Hall–Kier alpha value is -2.76. The van der Waals surface area contributed by atoms with Crippen LogP contribution in [0.4, 0.5) is 10.2 Å². The van der Waals surface area contributed by atoms with E-state index in [1.54, 1.807) is 30.7 Å². The van der Waals surface area contributed by atoms with E-state index in [0.717, 1.165) is 35.8 Å². The zero-order valence-electron chi connectivity index (χ0n) is 11.7. The highest BCUT2D eigenvalue weighted by Crippen LogP contribution is 2.27. The summed E-state index contributed by atoms with van der Waals surface area (Å²) in [4.78, 5) is 15.1. The fourth-order valence-electron chi connectivity index (χ4n) is 2.56. The van der Waals surface area contributed by atoms with Crippen LogP contribution in [0, 0.1) is 5.82 Å². The second kappa shape index (κ2) is 5.22. The predicted molar refractivity (Wildman–Crippen MR) is 78.7 cm³/mol. The Kier molecular flexibility index (Phi) is 3.07. The third-order valence-electron chi connectivity index (χ3n) is 3.69. The molecule has 0 spiro atoms. The topological polar surface area (TPSA) is 55.1 Å². The summed E-state index contributed by atoms with van der Waals surface area (Å²) < 4.78 is 18.8. The van der Waals surface area contributed by atoms with Gasteiger partial charge in [-0.1, -0.05) is 0 Å². The number of nitrogens with zero attached hydrogens (tertiary/aromatic N) is 4. The van der Waals surface area contributed by atoms with Crippen molar-refractivity contribution >= 4 is 5.82 Å². The maximum absolute atomic E-state index is 13.0. The lowest BCUT2D eigenvalue weighted by Gasteiger charge is -2.25. The Bertz CT molecular complexity index is 786. The summed E-state index contributed by atoms with van der Waals surface area (Å²) in [5.41, 5.74) is 1.68. The van der Waals surface area contributed by atoms with E-state index in [2.05, 4.69) is 19.9 Å². The van der Waals surface area contributed by atoms with Gasteiger partial charge in [-0.25, -0.2) is 14.4 Å². The molecule has 0 N–H and O–H groups in total. The van der Waals surface area contributed by atoms with Crippen LogP contribution in [0.25, 0.3) is 11.5 Å². The first kappa shape index (κ1) is 12.9. The molecule has 6 heteroatoms. The monoisotopic (exact) mass is 296 g/mol. The molecule has 0 atom stereocenters. The second-order valence-electron chi connectivity index (χ2n) is 5.13. The number of fused-ring (bicyclic) bond motifs is 1. The minimum absolute atomic E-state index is 0.270. The van der Waals surface area contributed by atoms with Gasteiger partial charge in [-0.2, -0.15) is 0 Å². The average molecular weight is 296 g/mol. The summed E-state index contributed by atoms with van der Waals surface area (Å²) in [5.74, 6) is 1.99. The van der Waals surface area contributed by atoms with Crippen molar-refractivity contribution in [3.05, 3.63) is 60.1 Å². The van der Waals surface area contributed by atoms with E-state index in [0.29, 0.717) is 12.4 Å². The molecule has 5 nitrogen and oxygen atoms in total. The van der Waals surface area contributed by atoms with Crippen LogP contribution in [0.3, 0.4) is 0 Å². The maximum Gasteiger partial charge on any atom is 0.226 e. The summed E-state index contributed by atoms with van der Waals surface area (Å²) in [6.45, 7) is 1.45. The molecule has 0 saturated heterocycles. The highest BCUT2D eigenvalue weighted by molar-refractivity contribution is 5.54. The first-order valence-electron chi connectivity index (χ1n) is 7.05. The van der Waals surface area contributed by atoms with E-state index in [9.17, 15) is 4.39 Å². The quantitative estimate of drug-likeness (QED) is 0.728. The van der Waals surface area contributed by atoms with E-state index < -0.39 is 0 Å². The number of anilines is 1. The third-order valence-corrected chi connectivity index (χ3v) is 3.69. The van der Waals surface area contributed by atoms with E-state index in [1.165, 1.54) is 12.1 Å². The molecule has 4 rings (SSSR count). The molecule has 0 radical (unpaired) electrons. The van der Waals surface area contributed by atoms with Crippen molar-refractivity contribution in [1.29, 1.82) is 0 Å². The summed E-state index contributed by atoms with van der Waals surface area (Å²) in [6, 6.07) is 6.16. The molecular formula is C16H13FN4O. The molecule has 0 unspecified atom stereocenters. The second-order valence-corrected chi connectivity index (χ2v) is 5.13. The molecule has 3 heterocycles. The van der Waals surface area contributed by atoms with E-state index in [4.69, 9.17) is 4.42 Å². The maximum atomic E-state index is 13.0. The Morgan fingerprint density at radius 1 is 1.14 bits per heavy atom. The molecule has 0 aliphatic carbocycles. The zero-order chi connectivity index (χ0) is 14.9. The molecular weight excluding hydrogens is 283 g/mol. The van der Waals surface area contributed by atoms with Crippen LogP contribution in [-0.2, 0) is 13.0 Å². The van der Waals surface area contributed by atoms with Gasteiger partial charge in [0, 0.05) is 30.9 Å². The van der Waals surface area contributed by atoms with Crippen LogP contribution in [-0.4, -0.2) is 21.5 Å². The van der Waals surface area contributed by atoms with E-state index in [-0.39, 0.29) is 5.82 Å². The Labute approximate surface area is 126 Å². The highest BCUT2D eigenvalue weighted by Gasteiger charge is 2.23. The molecule has 0 bridgehead atoms. The summed E-state index contributed by atoms with van der Waals surface area (Å²) >= 11 is 0. The zero-order valence-corrected chi connectivity index (χ0v) is 11.7. The number of rotatable bonds is 2. The van der Waals surface area contributed by atoms with Crippen molar-refractivity contribution in [2.24, 2.45) is 0 Å². The number of hydrogen-bond donors (Lipinski definition) is 0. The van der Waals surface area contributed by atoms with Gasteiger partial charge in [-0.3, -0.25) is 4.98 Å². The number of oxazole rings is 1. The Morgan fingerprint density at radius 2 is 2.00 bits per heavy atom. The normalized spacial score (nSPS) is 14.0. The van der Waals surface area contributed by atoms with Crippen molar-refractivity contribution < 1.29 is 8.81 Å². The first-order chi connectivity index (χ1) is 10.8. The molecule has 22 heavy (non-hydrogen) atoms. The van der Waals surface area contributed by atoms with E-state index >= 15 is 0 Å².